The first-order valence-corrected chi connectivity index (χ1v) is 3.84. The average molecular weight is 162 g/mol. The summed E-state index contributed by atoms with van der Waals surface area (Å²) in [5, 5.41) is 3.44. The summed E-state index contributed by atoms with van der Waals surface area (Å²) < 4.78 is 0. The Bertz CT molecular complexity index is 264. The predicted octanol–water partition coefficient (Wildman–Crippen LogP) is 2.32. The van der Waals surface area contributed by atoms with E-state index in [1.54, 1.807) is 6.20 Å². The SMILES string of the molecule is [N-]=[N+]=NCCCc1ccccn1. The number of pyridine rings is 1. The second-order valence-corrected chi connectivity index (χ2v) is 2.38. The minimum Gasteiger partial charge on any atom is -0.261 e. The van der Waals surface area contributed by atoms with Gasteiger partial charge in [0.2, 0.25) is 0 Å². The standard InChI is InChI=1S/C8H10N4/c9-12-11-7-3-5-8-4-1-2-6-10-8/h1-2,4,6H,3,5,7H2. The lowest BCUT2D eigenvalue weighted by Crippen LogP contribution is -1.90. The van der Waals surface area contributed by atoms with Crippen molar-refractivity contribution in [3.8, 4) is 0 Å². The van der Waals surface area contributed by atoms with Crippen LogP contribution in [0.3, 0.4) is 0 Å². The fourth-order valence-electron chi connectivity index (χ4n) is 0.922. The number of aromatic nitrogens is 1. The van der Waals surface area contributed by atoms with Gasteiger partial charge in [0.05, 0.1) is 0 Å². The van der Waals surface area contributed by atoms with E-state index in [1.807, 2.05) is 18.2 Å². The first kappa shape index (κ1) is 8.56. The molecule has 12 heavy (non-hydrogen) atoms. The molecule has 1 aromatic rings. The Morgan fingerprint density at radius 2 is 2.42 bits per heavy atom. The summed E-state index contributed by atoms with van der Waals surface area (Å²) in [4.78, 5) is 6.81. The number of azide groups is 1. The molecule has 1 aromatic heterocycles. The average Bonchev–Trinajstić information content (AvgIpc) is 2.14. The third kappa shape index (κ3) is 3.03. The van der Waals surface area contributed by atoms with Crippen molar-refractivity contribution in [3.63, 3.8) is 0 Å². The van der Waals surface area contributed by atoms with Gasteiger partial charge in [-0.15, -0.1) is 0 Å². The fraction of sp³-hybridized carbons (Fsp3) is 0.375. The summed E-state index contributed by atoms with van der Waals surface area (Å²) in [6, 6.07) is 5.81. The summed E-state index contributed by atoms with van der Waals surface area (Å²) in [7, 11) is 0. The molecule has 62 valence electrons. The molecule has 0 amide bonds. The molecule has 0 aromatic carbocycles. The minimum absolute atomic E-state index is 0.549. The molecular weight excluding hydrogens is 152 g/mol. The summed E-state index contributed by atoms with van der Waals surface area (Å²) in [5.74, 6) is 0. The molecule has 0 N–H and O–H groups in total. The molecule has 0 fully saturated rings. The smallest absolute Gasteiger partial charge is 0.0403 e. The first-order valence-electron chi connectivity index (χ1n) is 3.84. The van der Waals surface area contributed by atoms with E-state index in [-0.39, 0.29) is 0 Å². The van der Waals surface area contributed by atoms with Gasteiger partial charge in [-0.05, 0) is 30.5 Å². The third-order valence-electron chi connectivity index (χ3n) is 1.48. The van der Waals surface area contributed by atoms with Gasteiger partial charge in [-0.2, -0.15) is 0 Å². The molecule has 1 heterocycles. The summed E-state index contributed by atoms with van der Waals surface area (Å²) in [6.45, 7) is 0.549. The van der Waals surface area contributed by atoms with E-state index in [0.717, 1.165) is 18.5 Å². The Labute approximate surface area is 70.9 Å². The van der Waals surface area contributed by atoms with E-state index in [9.17, 15) is 0 Å². The van der Waals surface area contributed by atoms with Crippen LogP contribution in [0.25, 0.3) is 10.4 Å². The molecule has 0 unspecified atom stereocenters. The highest BCUT2D eigenvalue weighted by molar-refractivity contribution is 5.03. The van der Waals surface area contributed by atoms with Crippen LogP contribution in [0.5, 0.6) is 0 Å². The van der Waals surface area contributed by atoms with Gasteiger partial charge in [0.15, 0.2) is 0 Å². The van der Waals surface area contributed by atoms with Crippen molar-refractivity contribution in [2.45, 2.75) is 12.8 Å². The molecule has 4 nitrogen and oxygen atoms in total. The molecule has 0 saturated heterocycles. The van der Waals surface area contributed by atoms with E-state index in [2.05, 4.69) is 15.0 Å². The van der Waals surface area contributed by atoms with Crippen molar-refractivity contribution in [2.75, 3.05) is 6.54 Å². The Hall–Kier alpha value is -1.54. The van der Waals surface area contributed by atoms with Gasteiger partial charge >= 0.3 is 0 Å². The van der Waals surface area contributed by atoms with Crippen molar-refractivity contribution in [1.82, 2.24) is 4.98 Å². The zero-order chi connectivity index (χ0) is 8.65. The van der Waals surface area contributed by atoms with E-state index in [4.69, 9.17) is 5.53 Å². The second kappa shape index (κ2) is 5.16. The van der Waals surface area contributed by atoms with Crippen LogP contribution < -0.4 is 0 Å². The summed E-state index contributed by atoms with van der Waals surface area (Å²) in [6.07, 6.45) is 3.50. The topological polar surface area (TPSA) is 61.7 Å². The monoisotopic (exact) mass is 162 g/mol. The highest BCUT2D eigenvalue weighted by Crippen LogP contribution is 1.97. The molecule has 0 aliphatic rings. The molecule has 0 bridgehead atoms. The number of hydrogen-bond donors (Lipinski definition) is 0. The molecule has 0 saturated carbocycles. The third-order valence-corrected chi connectivity index (χ3v) is 1.48. The Kier molecular flexibility index (Phi) is 3.68. The highest BCUT2D eigenvalue weighted by atomic mass is 15.1. The van der Waals surface area contributed by atoms with Crippen LogP contribution in [0.1, 0.15) is 12.1 Å². The number of hydrogen-bond acceptors (Lipinski definition) is 2. The fourth-order valence-corrected chi connectivity index (χ4v) is 0.922. The molecular formula is C8H10N4. The van der Waals surface area contributed by atoms with Crippen molar-refractivity contribution in [3.05, 3.63) is 40.5 Å². The lowest BCUT2D eigenvalue weighted by atomic mass is 10.2. The van der Waals surface area contributed by atoms with Crippen LogP contribution in [0.15, 0.2) is 29.5 Å². The van der Waals surface area contributed by atoms with Gasteiger partial charge in [-0.3, -0.25) is 4.98 Å². The second-order valence-electron chi connectivity index (χ2n) is 2.38. The summed E-state index contributed by atoms with van der Waals surface area (Å²) >= 11 is 0. The molecule has 0 aliphatic heterocycles. The van der Waals surface area contributed by atoms with Crippen molar-refractivity contribution in [1.29, 1.82) is 0 Å². The molecule has 0 radical (unpaired) electrons. The van der Waals surface area contributed by atoms with E-state index in [1.165, 1.54) is 0 Å². The minimum atomic E-state index is 0.549. The zero-order valence-electron chi connectivity index (χ0n) is 6.72. The lowest BCUT2D eigenvalue weighted by molar-refractivity contribution is 0.806. The lowest BCUT2D eigenvalue weighted by Gasteiger charge is -1.95. The maximum absolute atomic E-state index is 8.01. The molecule has 4 heteroatoms. The van der Waals surface area contributed by atoms with Crippen LogP contribution in [-0.2, 0) is 6.42 Å². The first-order chi connectivity index (χ1) is 5.93. The van der Waals surface area contributed by atoms with Gasteiger partial charge in [0.25, 0.3) is 0 Å². The maximum Gasteiger partial charge on any atom is 0.0403 e. The normalized spacial score (nSPS) is 9.00. The van der Waals surface area contributed by atoms with Crippen LogP contribution in [0.4, 0.5) is 0 Å². The Morgan fingerprint density at radius 1 is 1.50 bits per heavy atom. The van der Waals surface area contributed by atoms with E-state index < -0.39 is 0 Å². The number of rotatable bonds is 4. The van der Waals surface area contributed by atoms with Gasteiger partial charge in [-0.25, -0.2) is 0 Å². The van der Waals surface area contributed by atoms with Crippen LogP contribution in [0.2, 0.25) is 0 Å². The largest absolute Gasteiger partial charge is 0.261 e. The number of nitrogens with zero attached hydrogens (tertiary/aromatic N) is 4. The van der Waals surface area contributed by atoms with Crippen LogP contribution in [0, 0.1) is 0 Å². The quantitative estimate of drug-likeness (QED) is 0.290. The molecule has 0 spiro atoms. The van der Waals surface area contributed by atoms with E-state index >= 15 is 0 Å². The van der Waals surface area contributed by atoms with Gasteiger partial charge in [0, 0.05) is 23.3 Å². The van der Waals surface area contributed by atoms with Crippen molar-refractivity contribution >= 4 is 0 Å². The van der Waals surface area contributed by atoms with Crippen molar-refractivity contribution < 1.29 is 0 Å². The molecule has 0 atom stereocenters. The van der Waals surface area contributed by atoms with Crippen molar-refractivity contribution in [2.24, 2.45) is 5.11 Å². The maximum atomic E-state index is 8.01. The van der Waals surface area contributed by atoms with Crippen LogP contribution in [-0.4, -0.2) is 11.5 Å². The Balaban J connectivity index is 2.29. The van der Waals surface area contributed by atoms with Gasteiger partial charge in [0.1, 0.15) is 0 Å². The Morgan fingerprint density at radius 3 is 3.08 bits per heavy atom. The number of aryl methyl sites for hydroxylation is 1. The zero-order valence-corrected chi connectivity index (χ0v) is 6.72. The predicted molar refractivity (Wildman–Crippen MR) is 46.6 cm³/mol. The molecule has 0 aliphatic carbocycles. The highest BCUT2D eigenvalue weighted by Gasteiger charge is 1.90. The molecule has 1 rings (SSSR count). The van der Waals surface area contributed by atoms with Gasteiger partial charge < -0.3 is 0 Å². The van der Waals surface area contributed by atoms with Gasteiger partial charge in [-0.1, -0.05) is 11.2 Å². The van der Waals surface area contributed by atoms with E-state index in [0.29, 0.717) is 6.54 Å². The van der Waals surface area contributed by atoms with Crippen LogP contribution >= 0.6 is 0 Å². The summed E-state index contributed by atoms with van der Waals surface area (Å²) in [5.41, 5.74) is 9.05.